The van der Waals surface area contributed by atoms with Crippen molar-refractivity contribution in [1.29, 1.82) is 0 Å². The lowest BCUT2D eigenvalue weighted by Gasteiger charge is -2.27. The molecule has 2 rings (SSSR count). The molecule has 104 valence electrons. The predicted molar refractivity (Wildman–Crippen MR) is 74.1 cm³/mol. The van der Waals surface area contributed by atoms with Crippen LogP contribution in [0.15, 0.2) is 24.3 Å². The SMILES string of the molecule is O=C(Cc1ccccc1O)NCCN1CCNCC1. The van der Waals surface area contributed by atoms with Crippen LogP contribution < -0.4 is 10.6 Å². The summed E-state index contributed by atoms with van der Waals surface area (Å²) in [6.45, 7) is 5.66. The number of rotatable bonds is 5. The number of aromatic hydroxyl groups is 1. The standard InChI is InChI=1S/C14H21N3O2/c18-13-4-2-1-3-12(13)11-14(19)16-7-10-17-8-5-15-6-9-17/h1-4,15,18H,5-11H2,(H,16,19). The van der Waals surface area contributed by atoms with Crippen molar-refractivity contribution in [2.75, 3.05) is 39.3 Å². The van der Waals surface area contributed by atoms with Gasteiger partial charge < -0.3 is 15.7 Å². The van der Waals surface area contributed by atoms with Gasteiger partial charge >= 0.3 is 0 Å². The van der Waals surface area contributed by atoms with Crippen LogP contribution in [0.25, 0.3) is 0 Å². The second kappa shape index (κ2) is 7.11. The van der Waals surface area contributed by atoms with E-state index in [0.717, 1.165) is 32.7 Å². The number of benzene rings is 1. The molecule has 5 nitrogen and oxygen atoms in total. The van der Waals surface area contributed by atoms with Crippen molar-refractivity contribution in [2.24, 2.45) is 0 Å². The van der Waals surface area contributed by atoms with E-state index >= 15 is 0 Å². The van der Waals surface area contributed by atoms with E-state index in [2.05, 4.69) is 15.5 Å². The molecule has 1 aliphatic rings. The van der Waals surface area contributed by atoms with Crippen molar-refractivity contribution in [3.8, 4) is 5.75 Å². The fourth-order valence-electron chi connectivity index (χ4n) is 2.18. The summed E-state index contributed by atoms with van der Waals surface area (Å²) in [6, 6.07) is 6.94. The van der Waals surface area contributed by atoms with Gasteiger partial charge in [-0.25, -0.2) is 0 Å². The highest BCUT2D eigenvalue weighted by molar-refractivity contribution is 5.79. The fourth-order valence-corrected chi connectivity index (χ4v) is 2.18. The number of nitrogens with zero attached hydrogens (tertiary/aromatic N) is 1. The number of amides is 1. The molecule has 0 spiro atoms. The van der Waals surface area contributed by atoms with Crippen molar-refractivity contribution in [3.05, 3.63) is 29.8 Å². The van der Waals surface area contributed by atoms with Gasteiger partial charge in [0.05, 0.1) is 6.42 Å². The Labute approximate surface area is 113 Å². The average Bonchev–Trinajstić information content (AvgIpc) is 2.43. The zero-order chi connectivity index (χ0) is 13.5. The molecular formula is C14H21N3O2. The Morgan fingerprint density at radius 1 is 1.32 bits per heavy atom. The molecule has 0 saturated carbocycles. The zero-order valence-corrected chi connectivity index (χ0v) is 11.1. The third-order valence-electron chi connectivity index (χ3n) is 3.30. The third-order valence-corrected chi connectivity index (χ3v) is 3.30. The molecule has 5 heteroatoms. The second-order valence-corrected chi connectivity index (χ2v) is 4.75. The topological polar surface area (TPSA) is 64.6 Å². The maximum Gasteiger partial charge on any atom is 0.224 e. The van der Waals surface area contributed by atoms with E-state index in [1.54, 1.807) is 18.2 Å². The van der Waals surface area contributed by atoms with Crippen molar-refractivity contribution < 1.29 is 9.90 Å². The molecule has 1 aliphatic heterocycles. The Hall–Kier alpha value is -1.59. The van der Waals surface area contributed by atoms with E-state index in [-0.39, 0.29) is 18.1 Å². The number of phenols is 1. The van der Waals surface area contributed by atoms with Crippen molar-refractivity contribution in [3.63, 3.8) is 0 Å². The summed E-state index contributed by atoms with van der Waals surface area (Å²) < 4.78 is 0. The Bertz CT molecular complexity index is 417. The van der Waals surface area contributed by atoms with Crippen LogP contribution in [0.5, 0.6) is 5.75 Å². The Balaban J connectivity index is 1.68. The molecule has 19 heavy (non-hydrogen) atoms. The molecule has 1 heterocycles. The van der Waals surface area contributed by atoms with Crippen LogP contribution in [-0.2, 0) is 11.2 Å². The molecule has 1 fully saturated rings. The summed E-state index contributed by atoms with van der Waals surface area (Å²) in [6.07, 6.45) is 0.230. The van der Waals surface area contributed by atoms with Crippen molar-refractivity contribution >= 4 is 5.91 Å². The van der Waals surface area contributed by atoms with Gasteiger partial charge in [-0.05, 0) is 6.07 Å². The molecule has 3 N–H and O–H groups in total. The predicted octanol–water partition coefficient (Wildman–Crippen LogP) is -0.0439. The number of para-hydroxylation sites is 1. The summed E-state index contributed by atoms with van der Waals surface area (Å²) >= 11 is 0. The first kappa shape index (κ1) is 13.8. The lowest BCUT2D eigenvalue weighted by molar-refractivity contribution is -0.120. The Morgan fingerprint density at radius 2 is 2.05 bits per heavy atom. The molecule has 0 radical (unpaired) electrons. The highest BCUT2D eigenvalue weighted by atomic mass is 16.3. The number of nitrogens with one attached hydrogen (secondary N) is 2. The van der Waals surface area contributed by atoms with E-state index in [0.29, 0.717) is 12.1 Å². The molecule has 1 amide bonds. The maximum atomic E-state index is 11.8. The van der Waals surface area contributed by atoms with Gasteiger partial charge in [-0.2, -0.15) is 0 Å². The smallest absolute Gasteiger partial charge is 0.224 e. The van der Waals surface area contributed by atoms with Crippen LogP contribution in [0, 0.1) is 0 Å². The highest BCUT2D eigenvalue weighted by Crippen LogP contribution is 2.15. The maximum absolute atomic E-state index is 11.8. The van der Waals surface area contributed by atoms with Crippen molar-refractivity contribution in [1.82, 2.24) is 15.5 Å². The van der Waals surface area contributed by atoms with Gasteiger partial charge in [-0.3, -0.25) is 9.69 Å². The molecule has 0 bridgehead atoms. The summed E-state index contributed by atoms with van der Waals surface area (Å²) in [4.78, 5) is 14.1. The van der Waals surface area contributed by atoms with E-state index in [4.69, 9.17) is 0 Å². The van der Waals surface area contributed by atoms with Crippen molar-refractivity contribution in [2.45, 2.75) is 6.42 Å². The monoisotopic (exact) mass is 263 g/mol. The quantitative estimate of drug-likeness (QED) is 0.697. The van der Waals surface area contributed by atoms with Gasteiger partial charge in [0.1, 0.15) is 5.75 Å². The number of hydrogen-bond acceptors (Lipinski definition) is 4. The first-order valence-electron chi connectivity index (χ1n) is 6.72. The first-order valence-corrected chi connectivity index (χ1v) is 6.72. The largest absolute Gasteiger partial charge is 0.508 e. The number of carbonyl (C=O) groups is 1. The zero-order valence-electron chi connectivity index (χ0n) is 11.1. The number of piperazine rings is 1. The van der Waals surface area contributed by atoms with Crippen LogP contribution in [0.3, 0.4) is 0 Å². The van der Waals surface area contributed by atoms with E-state index in [1.807, 2.05) is 6.07 Å². The molecule has 1 aromatic carbocycles. The fraction of sp³-hybridized carbons (Fsp3) is 0.500. The summed E-state index contributed by atoms with van der Waals surface area (Å²) in [7, 11) is 0. The summed E-state index contributed by atoms with van der Waals surface area (Å²) in [5.74, 6) is 0.136. The highest BCUT2D eigenvalue weighted by Gasteiger charge is 2.10. The second-order valence-electron chi connectivity index (χ2n) is 4.75. The normalized spacial score (nSPS) is 16.2. The molecular weight excluding hydrogens is 242 g/mol. The Morgan fingerprint density at radius 3 is 2.79 bits per heavy atom. The minimum Gasteiger partial charge on any atom is -0.508 e. The summed E-state index contributed by atoms with van der Waals surface area (Å²) in [5, 5.41) is 15.8. The van der Waals surface area contributed by atoms with Gasteiger partial charge in [0.2, 0.25) is 5.91 Å². The minimum atomic E-state index is -0.0448. The van der Waals surface area contributed by atoms with E-state index in [1.165, 1.54) is 0 Å². The third kappa shape index (κ3) is 4.54. The Kier molecular flexibility index (Phi) is 5.18. The lowest BCUT2D eigenvalue weighted by Crippen LogP contribution is -2.46. The van der Waals surface area contributed by atoms with E-state index in [9.17, 15) is 9.90 Å². The van der Waals surface area contributed by atoms with Crippen LogP contribution in [0.2, 0.25) is 0 Å². The minimum absolute atomic E-state index is 0.0448. The molecule has 0 atom stereocenters. The number of hydrogen-bond donors (Lipinski definition) is 3. The molecule has 0 aromatic heterocycles. The van der Waals surface area contributed by atoms with Crippen LogP contribution in [0.1, 0.15) is 5.56 Å². The summed E-state index contributed by atoms with van der Waals surface area (Å²) in [5.41, 5.74) is 0.669. The van der Waals surface area contributed by atoms with Gasteiger partial charge in [0.25, 0.3) is 0 Å². The number of carbonyl (C=O) groups excluding carboxylic acids is 1. The van der Waals surface area contributed by atoms with Gasteiger partial charge in [0, 0.05) is 44.8 Å². The van der Waals surface area contributed by atoms with Crippen LogP contribution >= 0.6 is 0 Å². The lowest BCUT2D eigenvalue weighted by atomic mass is 10.1. The molecule has 0 unspecified atom stereocenters. The average molecular weight is 263 g/mol. The van der Waals surface area contributed by atoms with E-state index < -0.39 is 0 Å². The van der Waals surface area contributed by atoms with Gasteiger partial charge in [-0.15, -0.1) is 0 Å². The molecule has 1 saturated heterocycles. The van der Waals surface area contributed by atoms with Crippen LogP contribution in [-0.4, -0.2) is 55.2 Å². The van der Waals surface area contributed by atoms with Gasteiger partial charge in [0.15, 0.2) is 0 Å². The molecule has 0 aliphatic carbocycles. The molecule has 1 aromatic rings. The number of phenolic OH excluding ortho intramolecular Hbond substituents is 1. The van der Waals surface area contributed by atoms with Crippen LogP contribution in [0.4, 0.5) is 0 Å². The van der Waals surface area contributed by atoms with Gasteiger partial charge in [-0.1, -0.05) is 18.2 Å². The first-order chi connectivity index (χ1) is 9.25.